The van der Waals surface area contributed by atoms with Gasteiger partial charge in [0.05, 0.1) is 0 Å². The lowest BCUT2D eigenvalue weighted by Gasteiger charge is -2.02. The van der Waals surface area contributed by atoms with Crippen LogP contribution in [0.3, 0.4) is 0 Å². The predicted octanol–water partition coefficient (Wildman–Crippen LogP) is 3.12. The second-order valence-corrected chi connectivity index (χ2v) is 4.45. The first-order chi connectivity index (χ1) is 6.09. The molecule has 0 heterocycles. The fraction of sp³-hybridized carbons (Fsp3) is 0.364. The molecule has 0 amide bonds. The number of hydrogen-bond acceptors (Lipinski definition) is 1. The van der Waals surface area contributed by atoms with Crippen LogP contribution >= 0.6 is 22.6 Å². The lowest BCUT2D eigenvalue weighted by Crippen LogP contribution is -1.94. The van der Waals surface area contributed by atoms with Crippen LogP contribution in [0.1, 0.15) is 24.5 Å². The molecule has 0 aliphatic rings. The zero-order valence-electron chi connectivity index (χ0n) is 7.93. The van der Waals surface area contributed by atoms with Crippen LogP contribution in [-0.2, 0) is 11.2 Å². The van der Waals surface area contributed by atoms with Crippen molar-refractivity contribution in [2.45, 2.75) is 26.7 Å². The third-order valence-electron chi connectivity index (χ3n) is 2.00. The van der Waals surface area contributed by atoms with Crippen LogP contribution in [0.5, 0.6) is 0 Å². The second-order valence-electron chi connectivity index (χ2n) is 3.29. The molecule has 0 fully saturated rings. The Morgan fingerprint density at radius 2 is 2.15 bits per heavy atom. The van der Waals surface area contributed by atoms with Crippen molar-refractivity contribution in [3.05, 3.63) is 32.9 Å². The molecule has 2 heteroatoms. The Bertz CT molecular complexity index is 318. The van der Waals surface area contributed by atoms with Crippen molar-refractivity contribution in [3.8, 4) is 0 Å². The zero-order valence-corrected chi connectivity index (χ0v) is 10.1. The maximum atomic E-state index is 10.8. The van der Waals surface area contributed by atoms with Crippen molar-refractivity contribution in [3.63, 3.8) is 0 Å². The third kappa shape index (κ3) is 3.46. The van der Waals surface area contributed by atoms with E-state index in [0.29, 0.717) is 6.42 Å². The van der Waals surface area contributed by atoms with Gasteiger partial charge in [0, 0.05) is 9.99 Å². The molecule has 1 rings (SSSR count). The molecule has 70 valence electrons. The minimum absolute atomic E-state index is 0.260. The summed E-state index contributed by atoms with van der Waals surface area (Å²) in [5.74, 6) is 0.260. The maximum absolute atomic E-state index is 10.8. The molecule has 1 aromatic carbocycles. The molecular weight excluding hydrogens is 275 g/mol. The van der Waals surface area contributed by atoms with E-state index in [-0.39, 0.29) is 5.78 Å². The predicted molar refractivity (Wildman–Crippen MR) is 62.9 cm³/mol. The monoisotopic (exact) mass is 288 g/mol. The molecule has 0 aromatic heterocycles. The first-order valence-corrected chi connectivity index (χ1v) is 5.42. The van der Waals surface area contributed by atoms with Crippen LogP contribution in [0.15, 0.2) is 18.2 Å². The molecule has 0 bridgehead atoms. The highest BCUT2D eigenvalue weighted by atomic mass is 127. The van der Waals surface area contributed by atoms with Gasteiger partial charge in [0.25, 0.3) is 0 Å². The van der Waals surface area contributed by atoms with Gasteiger partial charge in [0.1, 0.15) is 5.78 Å². The molecule has 0 spiro atoms. The van der Waals surface area contributed by atoms with E-state index >= 15 is 0 Å². The summed E-state index contributed by atoms with van der Waals surface area (Å²) in [5, 5.41) is 0. The summed E-state index contributed by atoms with van der Waals surface area (Å²) in [4.78, 5) is 10.8. The van der Waals surface area contributed by atoms with Gasteiger partial charge >= 0.3 is 0 Å². The lowest BCUT2D eigenvalue weighted by molar-refractivity contribution is -0.116. The average Bonchev–Trinajstić information content (AvgIpc) is 2.07. The Labute approximate surface area is 92.7 Å². The number of halogens is 1. The molecular formula is C11H13IO. The van der Waals surface area contributed by atoms with Crippen LogP contribution in [0.2, 0.25) is 0 Å². The van der Waals surface area contributed by atoms with Gasteiger partial charge in [0.2, 0.25) is 0 Å². The number of aryl methyl sites for hydroxylation is 2. The van der Waals surface area contributed by atoms with E-state index in [1.807, 2.05) is 0 Å². The Hall–Kier alpha value is -0.380. The number of carbonyl (C=O) groups excluding carboxylic acids is 1. The largest absolute Gasteiger partial charge is 0.300 e. The highest BCUT2D eigenvalue weighted by Gasteiger charge is 1.99. The van der Waals surface area contributed by atoms with Gasteiger partial charge in [-0.3, -0.25) is 0 Å². The molecule has 1 nitrogen and oxygen atoms in total. The van der Waals surface area contributed by atoms with Gasteiger partial charge in [-0.1, -0.05) is 12.1 Å². The summed E-state index contributed by atoms with van der Waals surface area (Å²) in [6, 6.07) is 6.36. The molecule has 0 radical (unpaired) electrons. The quantitative estimate of drug-likeness (QED) is 0.781. The van der Waals surface area contributed by atoms with Crippen LogP contribution in [0, 0.1) is 10.5 Å². The molecule has 0 saturated carbocycles. The van der Waals surface area contributed by atoms with Crippen molar-refractivity contribution in [2.24, 2.45) is 0 Å². The van der Waals surface area contributed by atoms with Crippen LogP contribution < -0.4 is 0 Å². The minimum Gasteiger partial charge on any atom is -0.300 e. The minimum atomic E-state index is 0.260. The molecule has 0 N–H and O–H groups in total. The standard InChI is InChI=1S/C11H13IO/c1-8-3-5-10(7-11(8)12)6-4-9(2)13/h3,5,7H,4,6H2,1-2H3. The first kappa shape index (κ1) is 10.7. The van der Waals surface area contributed by atoms with Gasteiger partial charge in [-0.05, 0) is 60.1 Å². The smallest absolute Gasteiger partial charge is 0.130 e. The van der Waals surface area contributed by atoms with E-state index in [1.54, 1.807) is 6.92 Å². The molecule has 0 unspecified atom stereocenters. The van der Waals surface area contributed by atoms with Gasteiger partial charge < -0.3 is 4.79 Å². The van der Waals surface area contributed by atoms with Crippen LogP contribution in [-0.4, -0.2) is 5.78 Å². The maximum Gasteiger partial charge on any atom is 0.130 e. The summed E-state index contributed by atoms with van der Waals surface area (Å²) < 4.78 is 1.28. The Morgan fingerprint density at radius 1 is 1.46 bits per heavy atom. The summed E-state index contributed by atoms with van der Waals surface area (Å²) in [6.07, 6.45) is 1.52. The SMILES string of the molecule is CC(=O)CCc1ccc(C)c(I)c1. The van der Waals surface area contributed by atoms with Gasteiger partial charge in [-0.15, -0.1) is 0 Å². The van der Waals surface area contributed by atoms with Crippen molar-refractivity contribution in [2.75, 3.05) is 0 Å². The summed E-state index contributed by atoms with van der Waals surface area (Å²) in [5.41, 5.74) is 2.55. The van der Waals surface area contributed by atoms with E-state index in [2.05, 4.69) is 47.7 Å². The second kappa shape index (κ2) is 4.74. The van der Waals surface area contributed by atoms with Crippen molar-refractivity contribution < 1.29 is 4.79 Å². The third-order valence-corrected chi connectivity index (χ3v) is 3.16. The Balaban J connectivity index is 2.68. The van der Waals surface area contributed by atoms with E-state index in [9.17, 15) is 4.79 Å². The topological polar surface area (TPSA) is 17.1 Å². The van der Waals surface area contributed by atoms with E-state index in [0.717, 1.165) is 6.42 Å². The molecule has 0 atom stereocenters. The van der Waals surface area contributed by atoms with Crippen molar-refractivity contribution in [1.29, 1.82) is 0 Å². The molecule has 13 heavy (non-hydrogen) atoms. The first-order valence-electron chi connectivity index (χ1n) is 4.34. The summed E-state index contributed by atoms with van der Waals surface area (Å²) in [6.45, 7) is 3.73. The normalized spacial score (nSPS) is 10.1. The van der Waals surface area contributed by atoms with E-state index in [1.165, 1.54) is 14.7 Å². The molecule has 0 saturated heterocycles. The zero-order chi connectivity index (χ0) is 9.84. The van der Waals surface area contributed by atoms with Crippen molar-refractivity contribution >= 4 is 28.4 Å². The number of carbonyl (C=O) groups is 1. The van der Waals surface area contributed by atoms with Crippen LogP contribution in [0.25, 0.3) is 0 Å². The van der Waals surface area contributed by atoms with E-state index < -0.39 is 0 Å². The number of Topliss-reactive ketones (excluding diaryl/α,β-unsaturated/α-hetero) is 1. The molecule has 1 aromatic rings. The fourth-order valence-corrected chi connectivity index (χ4v) is 1.69. The number of hydrogen-bond donors (Lipinski definition) is 0. The summed E-state index contributed by atoms with van der Waals surface area (Å²) in [7, 11) is 0. The van der Waals surface area contributed by atoms with E-state index in [4.69, 9.17) is 0 Å². The van der Waals surface area contributed by atoms with Crippen molar-refractivity contribution in [1.82, 2.24) is 0 Å². The number of benzene rings is 1. The van der Waals surface area contributed by atoms with Gasteiger partial charge in [-0.25, -0.2) is 0 Å². The average molecular weight is 288 g/mol. The lowest BCUT2D eigenvalue weighted by atomic mass is 10.1. The highest BCUT2D eigenvalue weighted by Crippen LogP contribution is 2.14. The van der Waals surface area contributed by atoms with Gasteiger partial charge in [0.15, 0.2) is 0 Å². The molecule has 0 aliphatic heterocycles. The Morgan fingerprint density at radius 3 is 2.69 bits per heavy atom. The highest BCUT2D eigenvalue weighted by molar-refractivity contribution is 14.1. The molecule has 0 aliphatic carbocycles. The number of ketones is 1. The van der Waals surface area contributed by atoms with Crippen LogP contribution in [0.4, 0.5) is 0 Å². The fourth-order valence-electron chi connectivity index (χ4n) is 1.11. The van der Waals surface area contributed by atoms with Gasteiger partial charge in [-0.2, -0.15) is 0 Å². The number of rotatable bonds is 3. The Kier molecular flexibility index (Phi) is 3.90. The summed E-state index contributed by atoms with van der Waals surface area (Å²) >= 11 is 2.32.